The van der Waals surface area contributed by atoms with Gasteiger partial charge in [-0.3, -0.25) is 9.59 Å². The van der Waals surface area contributed by atoms with Crippen molar-refractivity contribution >= 4 is 40.5 Å². The van der Waals surface area contributed by atoms with Crippen LogP contribution < -0.4 is 0 Å². The minimum Gasteiger partial charge on any atom is -0.480 e. The Kier molecular flexibility index (Phi) is 5.10. The van der Waals surface area contributed by atoms with E-state index in [9.17, 15) is 19.5 Å². The third kappa shape index (κ3) is 3.65. The summed E-state index contributed by atoms with van der Waals surface area (Å²) in [6, 6.07) is -0.794. The molecular formula is C11H17NO4S2. The van der Waals surface area contributed by atoms with Gasteiger partial charge in [0, 0.05) is 23.8 Å². The lowest BCUT2D eigenvalue weighted by Crippen LogP contribution is -2.48. The van der Waals surface area contributed by atoms with Crippen LogP contribution >= 0.6 is 23.5 Å². The quantitative estimate of drug-likeness (QED) is 0.844. The highest BCUT2D eigenvalue weighted by Crippen LogP contribution is 2.39. The summed E-state index contributed by atoms with van der Waals surface area (Å²) in [6.45, 7) is 5.10. The molecule has 0 aromatic heterocycles. The number of hydrogen-bond acceptors (Lipinski definition) is 5. The van der Waals surface area contributed by atoms with Crippen LogP contribution in [0.4, 0.5) is 0 Å². The van der Waals surface area contributed by atoms with Crippen molar-refractivity contribution in [3.63, 3.8) is 0 Å². The molecule has 0 aliphatic carbocycles. The molecule has 7 heteroatoms. The first-order chi connectivity index (χ1) is 8.25. The van der Waals surface area contributed by atoms with E-state index in [1.54, 1.807) is 0 Å². The van der Waals surface area contributed by atoms with Gasteiger partial charge in [0.25, 0.3) is 0 Å². The molecule has 0 unspecified atom stereocenters. The molecule has 102 valence electrons. The van der Waals surface area contributed by atoms with E-state index in [-0.39, 0.29) is 17.4 Å². The number of nitrogens with zero attached hydrogens (tertiary/aromatic N) is 1. The van der Waals surface area contributed by atoms with Crippen LogP contribution in [0.1, 0.15) is 27.2 Å². The van der Waals surface area contributed by atoms with E-state index in [0.717, 1.165) is 11.8 Å². The molecule has 5 nitrogen and oxygen atoms in total. The summed E-state index contributed by atoms with van der Waals surface area (Å²) in [5.74, 6) is -0.373. The Morgan fingerprint density at radius 2 is 2.06 bits per heavy atom. The molecule has 0 saturated carbocycles. The van der Waals surface area contributed by atoms with Gasteiger partial charge in [0.2, 0.25) is 5.91 Å². The first-order valence-electron chi connectivity index (χ1n) is 5.55. The Morgan fingerprint density at radius 3 is 2.56 bits per heavy atom. The van der Waals surface area contributed by atoms with Crippen molar-refractivity contribution < 1.29 is 19.5 Å². The summed E-state index contributed by atoms with van der Waals surface area (Å²) in [7, 11) is 0. The van der Waals surface area contributed by atoms with Crippen molar-refractivity contribution in [1.82, 2.24) is 4.90 Å². The third-order valence-electron chi connectivity index (χ3n) is 2.72. The largest absolute Gasteiger partial charge is 0.480 e. The molecule has 1 saturated heterocycles. The molecule has 18 heavy (non-hydrogen) atoms. The molecule has 1 amide bonds. The average Bonchev–Trinajstić information content (AvgIpc) is 2.53. The zero-order chi connectivity index (χ0) is 13.9. The van der Waals surface area contributed by atoms with Gasteiger partial charge in [-0.15, -0.1) is 11.8 Å². The monoisotopic (exact) mass is 291 g/mol. The van der Waals surface area contributed by atoms with E-state index in [1.165, 1.54) is 23.6 Å². The molecule has 0 spiro atoms. The predicted molar refractivity (Wildman–Crippen MR) is 72.6 cm³/mol. The van der Waals surface area contributed by atoms with Crippen LogP contribution in [0.5, 0.6) is 0 Å². The van der Waals surface area contributed by atoms with E-state index in [1.807, 2.05) is 13.8 Å². The fraction of sp³-hybridized carbons (Fsp3) is 0.727. The van der Waals surface area contributed by atoms with Crippen LogP contribution in [0.3, 0.4) is 0 Å². The number of rotatable bonds is 4. The van der Waals surface area contributed by atoms with Crippen molar-refractivity contribution in [3.05, 3.63) is 0 Å². The lowest BCUT2D eigenvalue weighted by atomic mass is 10.0. The summed E-state index contributed by atoms with van der Waals surface area (Å²) >= 11 is 2.55. The maximum absolute atomic E-state index is 12.0. The summed E-state index contributed by atoms with van der Waals surface area (Å²) in [5, 5.41) is 9.18. The SMILES string of the molecule is CC(=O)SCCC(=O)N1CSC(C)(C)[C@@H]1C(=O)O. The number of aliphatic carboxylic acids is 1. The Morgan fingerprint density at radius 1 is 1.44 bits per heavy atom. The molecular weight excluding hydrogens is 274 g/mol. The molecule has 1 aliphatic rings. The Balaban J connectivity index is 2.62. The lowest BCUT2D eigenvalue weighted by Gasteiger charge is -2.27. The van der Waals surface area contributed by atoms with Crippen LogP contribution in [0.15, 0.2) is 0 Å². The Labute approximate surface area is 115 Å². The number of carbonyl (C=O) groups is 3. The van der Waals surface area contributed by atoms with Gasteiger partial charge in [-0.1, -0.05) is 11.8 Å². The van der Waals surface area contributed by atoms with Gasteiger partial charge in [-0.25, -0.2) is 4.79 Å². The van der Waals surface area contributed by atoms with Crippen LogP contribution in [-0.2, 0) is 14.4 Å². The van der Waals surface area contributed by atoms with Gasteiger partial charge >= 0.3 is 5.97 Å². The highest BCUT2D eigenvalue weighted by Gasteiger charge is 2.47. The molecule has 0 radical (unpaired) electrons. The molecule has 0 aromatic rings. The molecule has 0 bridgehead atoms. The first-order valence-corrected chi connectivity index (χ1v) is 7.52. The second kappa shape index (κ2) is 5.97. The number of carbonyl (C=O) groups excluding carboxylic acids is 2. The minimum absolute atomic E-state index is 0.0336. The molecule has 1 heterocycles. The fourth-order valence-electron chi connectivity index (χ4n) is 1.84. The van der Waals surface area contributed by atoms with Gasteiger partial charge in [0.05, 0.1) is 5.88 Å². The van der Waals surface area contributed by atoms with Crippen LogP contribution in [0.2, 0.25) is 0 Å². The average molecular weight is 291 g/mol. The highest BCUT2D eigenvalue weighted by molar-refractivity contribution is 8.13. The van der Waals surface area contributed by atoms with Crippen LogP contribution in [-0.4, -0.2) is 49.4 Å². The van der Waals surface area contributed by atoms with Gasteiger partial charge < -0.3 is 10.0 Å². The first kappa shape index (κ1) is 15.4. The van der Waals surface area contributed by atoms with E-state index < -0.39 is 16.8 Å². The summed E-state index contributed by atoms with van der Waals surface area (Å²) in [4.78, 5) is 35.4. The van der Waals surface area contributed by atoms with Gasteiger partial charge in [-0.05, 0) is 13.8 Å². The Bertz CT molecular complexity index is 370. The smallest absolute Gasteiger partial charge is 0.327 e. The number of thioether (sulfide) groups is 2. The van der Waals surface area contributed by atoms with Crippen molar-refractivity contribution in [2.24, 2.45) is 0 Å². The second-order valence-corrected chi connectivity index (χ2v) is 7.44. The van der Waals surface area contributed by atoms with Crippen LogP contribution in [0.25, 0.3) is 0 Å². The van der Waals surface area contributed by atoms with Gasteiger partial charge in [0.1, 0.15) is 6.04 Å². The van der Waals surface area contributed by atoms with E-state index in [2.05, 4.69) is 0 Å². The lowest BCUT2D eigenvalue weighted by molar-refractivity contribution is -0.149. The summed E-state index contributed by atoms with van der Waals surface area (Å²) in [6.07, 6.45) is 0.199. The van der Waals surface area contributed by atoms with E-state index in [4.69, 9.17) is 0 Å². The topological polar surface area (TPSA) is 74.7 Å². The predicted octanol–water partition coefficient (Wildman–Crippen LogP) is 1.42. The van der Waals surface area contributed by atoms with E-state index in [0.29, 0.717) is 11.6 Å². The molecule has 1 N–H and O–H groups in total. The number of hydrogen-bond donors (Lipinski definition) is 1. The van der Waals surface area contributed by atoms with Gasteiger partial charge in [0.15, 0.2) is 5.12 Å². The minimum atomic E-state index is -0.974. The number of carboxylic acids is 1. The maximum Gasteiger partial charge on any atom is 0.327 e. The number of amides is 1. The molecule has 0 aromatic carbocycles. The molecule has 1 aliphatic heterocycles. The van der Waals surface area contributed by atoms with Gasteiger partial charge in [-0.2, -0.15) is 0 Å². The molecule has 1 rings (SSSR count). The van der Waals surface area contributed by atoms with Crippen LogP contribution in [0, 0.1) is 0 Å². The molecule has 1 fully saturated rings. The number of carboxylic acid groups (broad SMARTS) is 1. The summed E-state index contributed by atoms with van der Waals surface area (Å²) < 4.78 is -0.477. The van der Waals surface area contributed by atoms with E-state index >= 15 is 0 Å². The zero-order valence-corrected chi connectivity index (χ0v) is 12.3. The fourth-order valence-corrected chi connectivity index (χ4v) is 3.55. The standard InChI is InChI=1S/C11H17NO4S2/c1-7(13)17-5-4-8(14)12-6-18-11(2,3)9(12)10(15)16/h9H,4-6H2,1-3H3,(H,15,16)/t9-/m0/s1. The van der Waals surface area contributed by atoms with Crippen molar-refractivity contribution in [2.45, 2.75) is 38.0 Å². The zero-order valence-electron chi connectivity index (χ0n) is 10.6. The third-order valence-corrected chi connectivity index (χ3v) is 4.91. The highest BCUT2D eigenvalue weighted by atomic mass is 32.2. The van der Waals surface area contributed by atoms with Crippen molar-refractivity contribution in [2.75, 3.05) is 11.6 Å². The van der Waals surface area contributed by atoms with Crippen molar-refractivity contribution in [1.29, 1.82) is 0 Å². The normalized spacial score (nSPS) is 21.9. The second-order valence-electron chi connectivity index (χ2n) is 4.57. The Hall–Kier alpha value is -0.690. The molecule has 1 atom stereocenters. The van der Waals surface area contributed by atoms with Crippen molar-refractivity contribution in [3.8, 4) is 0 Å². The maximum atomic E-state index is 12.0. The summed E-state index contributed by atoms with van der Waals surface area (Å²) in [5.41, 5.74) is 0.